The summed E-state index contributed by atoms with van der Waals surface area (Å²) < 4.78 is 0. The number of nitrogens with one attached hydrogen (secondary N) is 1. The second-order valence-corrected chi connectivity index (χ2v) is 4.96. The lowest BCUT2D eigenvalue weighted by Gasteiger charge is -2.04. The van der Waals surface area contributed by atoms with Crippen molar-refractivity contribution in [2.75, 3.05) is 0 Å². The van der Waals surface area contributed by atoms with Gasteiger partial charge in [-0.25, -0.2) is 0 Å². The third kappa shape index (κ3) is 3.17. The van der Waals surface area contributed by atoms with Crippen LogP contribution < -0.4 is 5.32 Å². The third-order valence-corrected chi connectivity index (χ3v) is 3.41. The highest BCUT2D eigenvalue weighted by Gasteiger charge is 2.32. The number of rotatable bonds is 4. The molecule has 0 bridgehead atoms. The molecule has 1 fully saturated rings. The monoisotopic (exact) mass is 249 g/mol. The highest BCUT2D eigenvalue weighted by Crippen LogP contribution is 2.22. The third-order valence-electron chi connectivity index (χ3n) is 2.42. The van der Waals surface area contributed by atoms with E-state index < -0.39 is 5.25 Å². The topological polar surface area (TPSA) is 63.2 Å². The van der Waals surface area contributed by atoms with Crippen molar-refractivity contribution in [1.29, 1.82) is 0 Å². The molecular formula is C12H11NO3S. The average Bonchev–Trinajstić information content (AvgIpc) is 2.58. The van der Waals surface area contributed by atoms with Gasteiger partial charge in [0.2, 0.25) is 5.91 Å². The van der Waals surface area contributed by atoms with Crippen molar-refractivity contribution in [3.8, 4) is 0 Å². The molecule has 0 radical (unpaired) electrons. The van der Waals surface area contributed by atoms with Crippen molar-refractivity contribution >= 4 is 28.7 Å². The Kier molecular flexibility index (Phi) is 3.58. The lowest BCUT2D eigenvalue weighted by molar-refractivity contribution is -0.123. The molecule has 1 saturated heterocycles. The number of carbonyl (C=O) groups excluding carboxylic acids is 3. The molecule has 5 heteroatoms. The first-order chi connectivity index (χ1) is 8.15. The van der Waals surface area contributed by atoms with Crippen molar-refractivity contribution in [1.82, 2.24) is 5.32 Å². The van der Waals surface area contributed by atoms with Crippen molar-refractivity contribution in [2.24, 2.45) is 0 Å². The summed E-state index contributed by atoms with van der Waals surface area (Å²) in [5.74, 6) is -0.389. The largest absolute Gasteiger partial charge is 0.299 e. The SMILES string of the molecule is O=C(Cc1ccccc1)CC1SC(=O)NC1=O. The molecule has 1 unspecified atom stereocenters. The van der Waals surface area contributed by atoms with Gasteiger partial charge in [-0.2, -0.15) is 0 Å². The molecule has 2 rings (SSSR count). The van der Waals surface area contributed by atoms with Gasteiger partial charge in [-0.1, -0.05) is 42.1 Å². The van der Waals surface area contributed by atoms with Gasteiger partial charge in [0.15, 0.2) is 0 Å². The van der Waals surface area contributed by atoms with Crippen molar-refractivity contribution in [3.63, 3.8) is 0 Å². The minimum Gasteiger partial charge on any atom is -0.299 e. The maximum absolute atomic E-state index is 11.7. The fourth-order valence-corrected chi connectivity index (χ4v) is 2.48. The number of amides is 2. The number of imide groups is 1. The van der Waals surface area contributed by atoms with Gasteiger partial charge in [0.25, 0.3) is 5.24 Å². The highest BCUT2D eigenvalue weighted by molar-refractivity contribution is 8.15. The zero-order valence-electron chi connectivity index (χ0n) is 9.01. The molecule has 0 saturated carbocycles. The summed E-state index contributed by atoms with van der Waals surface area (Å²) in [5.41, 5.74) is 0.923. The van der Waals surface area contributed by atoms with Gasteiger partial charge in [-0.3, -0.25) is 19.7 Å². The molecule has 1 N–H and O–H groups in total. The summed E-state index contributed by atoms with van der Waals surface area (Å²) in [6.45, 7) is 0. The van der Waals surface area contributed by atoms with Crippen molar-refractivity contribution < 1.29 is 14.4 Å². The zero-order valence-corrected chi connectivity index (χ0v) is 9.83. The molecule has 1 heterocycles. The molecule has 0 spiro atoms. The van der Waals surface area contributed by atoms with E-state index in [-0.39, 0.29) is 23.4 Å². The number of thioether (sulfide) groups is 1. The highest BCUT2D eigenvalue weighted by atomic mass is 32.2. The number of carbonyl (C=O) groups is 3. The Bertz CT molecular complexity index is 458. The summed E-state index contributed by atoms with van der Waals surface area (Å²) in [5, 5.41) is 1.24. The summed E-state index contributed by atoms with van der Waals surface area (Å²) in [6, 6.07) is 9.34. The average molecular weight is 249 g/mol. The fourth-order valence-electron chi connectivity index (χ4n) is 1.63. The van der Waals surface area contributed by atoms with Gasteiger partial charge in [0, 0.05) is 12.8 Å². The molecule has 1 aromatic rings. The lowest BCUT2D eigenvalue weighted by Crippen LogP contribution is -2.26. The maximum Gasteiger partial charge on any atom is 0.286 e. The van der Waals surface area contributed by atoms with Crippen LogP contribution in [0.4, 0.5) is 4.79 Å². The molecule has 88 valence electrons. The van der Waals surface area contributed by atoms with E-state index in [1.54, 1.807) is 0 Å². The van der Waals surface area contributed by atoms with Crippen molar-refractivity contribution in [3.05, 3.63) is 35.9 Å². The minimum absolute atomic E-state index is 0.0291. The first-order valence-corrected chi connectivity index (χ1v) is 6.10. The smallest absolute Gasteiger partial charge is 0.286 e. The van der Waals surface area contributed by atoms with Crippen LogP contribution in [0.1, 0.15) is 12.0 Å². The Morgan fingerprint density at radius 1 is 1.24 bits per heavy atom. The van der Waals surface area contributed by atoms with E-state index in [1.807, 2.05) is 30.3 Å². The summed E-state index contributed by atoms with van der Waals surface area (Å²) in [7, 11) is 0. The van der Waals surface area contributed by atoms with E-state index in [4.69, 9.17) is 0 Å². The maximum atomic E-state index is 11.7. The van der Waals surface area contributed by atoms with Crippen LogP contribution in [0.3, 0.4) is 0 Å². The van der Waals surface area contributed by atoms with E-state index in [9.17, 15) is 14.4 Å². The number of hydrogen-bond acceptors (Lipinski definition) is 4. The Balaban J connectivity index is 1.90. The Hall–Kier alpha value is -1.62. The first-order valence-electron chi connectivity index (χ1n) is 5.22. The second-order valence-electron chi connectivity index (χ2n) is 3.79. The van der Waals surface area contributed by atoms with Gasteiger partial charge >= 0.3 is 0 Å². The van der Waals surface area contributed by atoms with E-state index >= 15 is 0 Å². The molecule has 1 aliphatic heterocycles. The second kappa shape index (κ2) is 5.14. The molecule has 4 nitrogen and oxygen atoms in total. The number of benzene rings is 1. The molecule has 17 heavy (non-hydrogen) atoms. The van der Waals surface area contributed by atoms with E-state index in [2.05, 4.69) is 5.32 Å². The molecule has 1 aliphatic rings. The Morgan fingerprint density at radius 3 is 2.53 bits per heavy atom. The molecular weight excluding hydrogens is 238 g/mol. The van der Waals surface area contributed by atoms with Gasteiger partial charge in [-0.15, -0.1) is 0 Å². The van der Waals surface area contributed by atoms with Crippen LogP contribution in [0.2, 0.25) is 0 Å². The summed E-state index contributed by atoms with van der Waals surface area (Å²) in [4.78, 5) is 33.9. The van der Waals surface area contributed by atoms with E-state index in [0.29, 0.717) is 6.42 Å². The van der Waals surface area contributed by atoms with Gasteiger partial charge in [0.1, 0.15) is 11.0 Å². The molecule has 0 aromatic heterocycles. The summed E-state index contributed by atoms with van der Waals surface area (Å²) >= 11 is 0.892. The molecule has 1 aromatic carbocycles. The predicted octanol–water partition coefficient (Wildman–Crippen LogP) is 1.54. The first kappa shape index (κ1) is 11.9. The number of Topliss-reactive ketones (excluding diaryl/α,β-unsaturated/α-hetero) is 1. The van der Waals surface area contributed by atoms with E-state index in [0.717, 1.165) is 17.3 Å². The predicted molar refractivity (Wildman–Crippen MR) is 64.7 cm³/mol. The molecule has 1 atom stereocenters. The lowest BCUT2D eigenvalue weighted by atomic mass is 10.1. The Labute approximate surface area is 103 Å². The van der Waals surface area contributed by atoms with Crippen LogP contribution in [-0.4, -0.2) is 22.2 Å². The van der Waals surface area contributed by atoms with Crippen LogP contribution in [0.5, 0.6) is 0 Å². The molecule has 0 aliphatic carbocycles. The van der Waals surface area contributed by atoms with E-state index in [1.165, 1.54) is 0 Å². The quantitative estimate of drug-likeness (QED) is 0.879. The number of hydrogen-bond donors (Lipinski definition) is 1. The molecule has 2 amide bonds. The van der Waals surface area contributed by atoms with Crippen LogP contribution in [0, 0.1) is 0 Å². The fraction of sp³-hybridized carbons (Fsp3) is 0.250. The van der Waals surface area contributed by atoms with Gasteiger partial charge < -0.3 is 0 Å². The summed E-state index contributed by atoms with van der Waals surface area (Å²) in [6.07, 6.45) is 0.413. The van der Waals surface area contributed by atoms with Crippen LogP contribution in [-0.2, 0) is 16.0 Å². The number of ketones is 1. The van der Waals surface area contributed by atoms with Crippen LogP contribution >= 0.6 is 11.8 Å². The van der Waals surface area contributed by atoms with Crippen molar-refractivity contribution in [2.45, 2.75) is 18.1 Å². The van der Waals surface area contributed by atoms with Gasteiger partial charge in [0.05, 0.1) is 0 Å². The van der Waals surface area contributed by atoms with Crippen LogP contribution in [0.15, 0.2) is 30.3 Å². The van der Waals surface area contributed by atoms with Crippen LogP contribution in [0.25, 0.3) is 0 Å². The normalized spacial score (nSPS) is 19.2. The minimum atomic E-state index is -0.557. The van der Waals surface area contributed by atoms with Gasteiger partial charge in [-0.05, 0) is 5.56 Å². The zero-order chi connectivity index (χ0) is 12.3. The standard InChI is InChI=1S/C12H11NO3S/c14-9(6-8-4-2-1-3-5-8)7-10-11(15)13-12(16)17-10/h1-5,10H,6-7H2,(H,13,15,16). The Morgan fingerprint density at radius 2 is 1.94 bits per heavy atom.